The average molecular weight is 477 g/mol. The van der Waals surface area contributed by atoms with Gasteiger partial charge in [-0.15, -0.1) is 0 Å². The molecule has 3 fully saturated rings. The Bertz CT molecular complexity index is 880. The fourth-order valence-electron chi connectivity index (χ4n) is 8.20. The van der Waals surface area contributed by atoms with Gasteiger partial charge in [-0.2, -0.15) is 0 Å². The van der Waals surface area contributed by atoms with Crippen LogP contribution in [-0.2, 0) is 19.1 Å². The van der Waals surface area contributed by atoms with Crippen LogP contribution in [0, 0.1) is 28.6 Å². The Morgan fingerprint density at radius 2 is 1.94 bits per heavy atom. The molecular formula is C27H40O7. The molecule has 3 N–H and O–H groups in total. The van der Waals surface area contributed by atoms with Crippen LogP contribution in [0.15, 0.2) is 11.6 Å². The number of aliphatic hydroxyl groups excluding tert-OH is 2. The monoisotopic (exact) mass is 476 g/mol. The lowest BCUT2D eigenvalue weighted by Gasteiger charge is -2.61. The molecule has 0 saturated heterocycles. The molecule has 0 aromatic carbocycles. The molecule has 3 saturated carbocycles. The van der Waals surface area contributed by atoms with Gasteiger partial charge < -0.3 is 20.1 Å². The molecular weight excluding hydrogens is 436 g/mol. The zero-order valence-electron chi connectivity index (χ0n) is 20.7. The van der Waals surface area contributed by atoms with Crippen molar-refractivity contribution in [1.29, 1.82) is 0 Å². The van der Waals surface area contributed by atoms with Gasteiger partial charge in [0.2, 0.25) is 0 Å². The Balaban J connectivity index is 1.66. The molecule has 0 aromatic rings. The molecule has 0 amide bonds. The zero-order valence-corrected chi connectivity index (χ0v) is 20.7. The van der Waals surface area contributed by atoms with Crippen molar-refractivity contribution in [2.24, 2.45) is 28.6 Å². The quantitative estimate of drug-likeness (QED) is 0.382. The zero-order chi connectivity index (χ0) is 24.9. The molecule has 0 radical (unpaired) electrons. The topological polar surface area (TPSA) is 121 Å². The van der Waals surface area contributed by atoms with Gasteiger partial charge in [0.15, 0.2) is 11.6 Å². The third-order valence-corrected chi connectivity index (χ3v) is 9.99. The fraction of sp³-hybridized carbons (Fsp3) is 0.815. The smallest absolute Gasteiger partial charge is 0.306 e. The van der Waals surface area contributed by atoms with Crippen LogP contribution in [0.4, 0.5) is 0 Å². The van der Waals surface area contributed by atoms with E-state index in [4.69, 9.17) is 4.74 Å². The summed E-state index contributed by atoms with van der Waals surface area (Å²) in [6, 6.07) is 0. The lowest BCUT2D eigenvalue weighted by Crippen LogP contribution is -2.64. The summed E-state index contributed by atoms with van der Waals surface area (Å²) in [5.41, 5.74) is -2.21. The van der Waals surface area contributed by atoms with E-state index in [0.717, 1.165) is 31.3 Å². The molecule has 7 heteroatoms. The van der Waals surface area contributed by atoms with Crippen molar-refractivity contribution in [3.05, 3.63) is 11.6 Å². The number of hydrogen-bond acceptors (Lipinski definition) is 7. The summed E-state index contributed by atoms with van der Waals surface area (Å²) >= 11 is 0. The number of rotatable bonds is 7. The Morgan fingerprint density at radius 1 is 1.21 bits per heavy atom. The molecule has 0 heterocycles. The fourth-order valence-corrected chi connectivity index (χ4v) is 8.20. The second kappa shape index (κ2) is 9.14. The third kappa shape index (κ3) is 3.70. The van der Waals surface area contributed by atoms with Crippen molar-refractivity contribution in [2.75, 3.05) is 6.61 Å². The summed E-state index contributed by atoms with van der Waals surface area (Å²) in [5.74, 6) is -1.14. The number of unbranched alkanes of at least 4 members (excludes halogenated alkanes) is 2. The van der Waals surface area contributed by atoms with Crippen LogP contribution in [0.2, 0.25) is 0 Å². The Kier molecular flexibility index (Phi) is 6.86. The van der Waals surface area contributed by atoms with Crippen LogP contribution in [0.5, 0.6) is 0 Å². The predicted octanol–water partition coefficient (Wildman–Crippen LogP) is 2.88. The number of fused-ring (bicyclic) bond motifs is 5. The maximum Gasteiger partial charge on any atom is 0.306 e. The minimum atomic E-state index is -1.65. The van der Waals surface area contributed by atoms with E-state index in [9.17, 15) is 29.7 Å². The van der Waals surface area contributed by atoms with Crippen LogP contribution in [-0.4, -0.2) is 57.3 Å². The molecule has 0 aromatic heterocycles. The van der Waals surface area contributed by atoms with Gasteiger partial charge in [0, 0.05) is 29.6 Å². The Morgan fingerprint density at radius 3 is 2.62 bits per heavy atom. The van der Waals surface area contributed by atoms with Gasteiger partial charge in [0.1, 0.15) is 18.3 Å². The van der Waals surface area contributed by atoms with E-state index in [0.29, 0.717) is 19.3 Å². The number of carbonyl (C=O) groups is 3. The summed E-state index contributed by atoms with van der Waals surface area (Å²) in [4.78, 5) is 37.8. The van der Waals surface area contributed by atoms with E-state index in [1.807, 2.05) is 13.8 Å². The van der Waals surface area contributed by atoms with Crippen LogP contribution in [0.25, 0.3) is 0 Å². The van der Waals surface area contributed by atoms with Crippen molar-refractivity contribution in [3.63, 3.8) is 0 Å². The summed E-state index contributed by atoms with van der Waals surface area (Å²) in [6.45, 7) is 5.26. The number of esters is 1. The highest BCUT2D eigenvalue weighted by molar-refractivity contribution is 5.92. The highest BCUT2D eigenvalue weighted by Gasteiger charge is 2.69. The summed E-state index contributed by atoms with van der Waals surface area (Å²) in [5, 5.41) is 32.5. The van der Waals surface area contributed by atoms with E-state index in [1.54, 1.807) is 6.08 Å². The minimum absolute atomic E-state index is 0.00157. The minimum Gasteiger partial charge on any atom is -0.461 e. The van der Waals surface area contributed by atoms with Crippen molar-refractivity contribution < 1.29 is 34.4 Å². The summed E-state index contributed by atoms with van der Waals surface area (Å²) in [6.07, 6.45) is 5.93. The number of ketones is 2. The van der Waals surface area contributed by atoms with Crippen LogP contribution >= 0.6 is 0 Å². The van der Waals surface area contributed by atoms with Gasteiger partial charge in [-0.25, -0.2) is 0 Å². The van der Waals surface area contributed by atoms with Crippen molar-refractivity contribution in [3.8, 4) is 0 Å². The van der Waals surface area contributed by atoms with Gasteiger partial charge in [-0.3, -0.25) is 14.4 Å². The van der Waals surface area contributed by atoms with Gasteiger partial charge in [-0.1, -0.05) is 39.2 Å². The molecule has 0 aliphatic heterocycles. The number of Topliss-reactive ketones (excluding diaryl/α,β-unsaturated/α-hetero) is 1. The molecule has 0 spiro atoms. The summed E-state index contributed by atoms with van der Waals surface area (Å²) in [7, 11) is 0. The number of hydrogen-bond donors (Lipinski definition) is 3. The first-order valence-corrected chi connectivity index (χ1v) is 13.0. The lowest BCUT2D eigenvalue weighted by molar-refractivity contribution is -0.197. The first-order valence-electron chi connectivity index (χ1n) is 13.0. The van der Waals surface area contributed by atoms with Gasteiger partial charge in [0.05, 0.1) is 6.10 Å². The number of carbonyl (C=O) groups excluding carboxylic acids is 3. The molecule has 34 heavy (non-hydrogen) atoms. The van der Waals surface area contributed by atoms with Gasteiger partial charge in [-0.05, 0) is 56.4 Å². The molecule has 190 valence electrons. The van der Waals surface area contributed by atoms with E-state index >= 15 is 0 Å². The second-order valence-electron chi connectivity index (χ2n) is 11.6. The number of aliphatic hydroxyl groups is 3. The van der Waals surface area contributed by atoms with Crippen LogP contribution < -0.4 is 0 Å². The highest BCUT2D eigenvalue weighted by Crippen LogP contribution is 2.67. The summed E-state index contributed by atoms with van der Waals surface area (Å²) < 4.78 is 5.96. The molecule has 7 nitrogen and oxygen atoms in total. The van der Waals surface area contributed by atoms with E-state index in [1.165, 1.54) is 0 Å². The molecule has 1 unspecified atom stereocenters. The SMILES string of the molecule is CCCCCC(=O)OC1CC(=O)C=C2CC[C@@H]3[C@H]([C@@H](O)C[C@@]4(C)[C@H]3CC[C@]4(O)C(=O)CO)[C@]21C. The average Bonchev–Trinajstić information content (AvgIpc) is 3.05. The number of ether oxygens (including phenoxy) is 1. The van der Waals surface area contributed by atoms with Gasteiger partial charge >= 0.3 is 5.97 Å². The van der Waals surface area contributed by atoms with Crippen LogP contribution in [0.1, 0.15) is 85.0 Å². The predicted molar refractivity (Wildman–Crippen MR) is 125 cm³/mol. The normalized spacial score (nSPS) is 43.4. The van der Waals surface area contributed by atoms with Crippen molar-refractivity contribution >= 4 is 17.5 Å². The van der Waals surface area contributed by atoms with Gasteiger partial charge in [0.25, 0.3) is 0 Å². The highest BCUT2D eigenvalue weighted by atomic mass is 16.5. The lowest BCUT2D eigenvalue weighted by atomic mass is 9.44. The molecule has 0 bridgehead atoms. The molecule has 4 rings (SSSR count). The van der Waals surface area contributed by atoms with E-state index in [2.05, 4.69) is 6.92 Å². The van der Waals surface area contributed by atoms with Crippen LogP contribution in [0.3, 0.4) is 0 Å². The van der Waals surface area contributed by atoms with E-state index in [-0.39, 0.29) is 48.8 Å². The first kappa shape index (κ1) is 25.5. The first-order chi connectivity index (χ1) is 16.0. The second-order valence-corrected chi connectivity index (χ2v) is 11.6. The largest absolute Gasteiger partial charge is 0.461 e. The van der Waals surface area contributed by atoms with Crippen molar-refractivity contribution in [1.82, 2.24) is 0 Å². The maximum atomic E-state index is 12.7. The molecule has 4 aliphatic carbocycles. The third-order valence-electron chi connectivity index (χ3n) is 9.99. The Hall–Kier alpha value is -1.57. The molecule has 4 aliphatic rings. The van der Waals surface area contributed by atoms with Crippen molar-refractivity contribution in [2.45, 2.75) is 103 Å². The standard InChI is InChI=1S/C27H40O7/c1-4-5-6-7-23(32)34-22-13-17(29)12-16-8-9-18-19-10-11-27(33,21(31)15-28)25(19,2)14-20(30)24(18)26(16,22)3/h12,18-20,22,24,28,30,33H,4-11,13-15H2,1-3H3/t18-,19-,20-,22?,24+,25-,26+,27-/m0/s1. The van der Waals surface area contributed by atoms with E-state index < -0.39 is 41.0 Å². The maximum absolute atomic E-state index is 12.7. The molecule has 8 atom stereocenters. The Labute approximate surface area is 201 Å².